The molecule has 4 rings (SSSR count). The number of hydrogen-bond acceptors (Lipinski definition) is 4. The smallest absolute Gasteiger partial charge is 0.275 e. The third kappa shape index (κ3) is 3.49. The molecular formula is C23H27N3O4. The molecule has 2 aliphatic rings. The fourth-order valence-electron chi connectivity index (χ4n) is 4.50. The van der Waals surface area contributed by atoms with Gasteiger partial charge in [-0.1, -0.05) is 12.1 Å². The SMILES string of the molecule is CC(=O)c1c(C)[nH]c(C(=O)N2C[C@@H](C(=O)N3CCCCC3)Oc3ccccc32)c1C. The fourth-order valence-corrected chi connectivity index (χ4v) is 4.50. The highest BCUT2D eigenvalue weighted by Crippen LogP contribution is 2.35. The van der Waals surface area contributed by atoms with E-state index in [1.54, 1.807) is 24.8 Å². The Morgan fingerprint density at radius 1 is 1.07 bits per heavy atom. The van der Waals surface area contributed by atoms with E-state index in [9.17, 15) is 14.4 Å². The number of aromatic amines is 1. The summed E-state index contributed by atoms with van der Waals surface area (Å²) in [5, 5.41) is 0. The van der Waals surface area contributed by atoms with E-state index in [0.29, 0.717) is 34.0 Å². The summed E-state index contributed by atoms with van der Waals surface area (Å²) in [7, 11) is 0. The number of nitrogens with one attached hydrogen (secondary N) is 1. The molecule has 1 aromatic carbocycles. The van der Waals surface area contributed by atoms with Crippen LogP contribution in [0.1, 0.15) is 58.3 Å². The predicted octanol–water partition coefficient (Wildman–Crippen LogP) is 3.25. The Morgan fingerprint density at radius 2 is 1.77 bits per heavy atom. The number of carbonyl (C=O) groups excluding carboxylic acids is 3. The van der Waals surface area contributed by atoms with Gasteiger partial charge in [-0.05, 0) is 57.7 Å². The molecule has 0 radical (unpaired) electrons. The summed E-state index contributed by atoms with van der Waals surface area (Å²) in [5.74, 6) is 0.0853. The topological polar surface area (TPSA) is 82.7 Å². The number of anilines is 1. The molecule has 0 aliphatic carbocycles. The van der Waals surface area contributed by atoms with Crippen LogP contribution >= 0.6 is 0 Å². The number of para-hydroxylation sites is 2. The molecular weight excluding hydrogens is 382 g/mol. The average molecular weight is 409 g/mol. The minimum absolute atomic E-state index is 0.0779. The molecule has 1 saturated heterocycles. The van der Waals surface area contributed by atoms with E-state index in [4.69, 9.17) is 4.74 Å². The Kier molecular flexibility index (Phi) is 5.37. The highest BCUT2D eigenvalue weighted by atomic mass is 16.5. The lowest BCUT2D eigenvalue weighted by molar-refractivity contribution is -0.139. The van der Waals surface area contributed by atoms with Crippen LogP contribution in [0.3, 0.4) is 0 Å². The van der Waals surface area contributed by atoms with Crippen molar-refractivity contribution in [2.45, 2.75) is 46.1 Å². The quantitative estimate of drug-likeness (QED) is 0.789. The van der Waals surface area contributed by atoms with Gasteiger partial charge in [0.2, 0.25) is 0 Å². The van der Waals surface area contributed by atoms with Crippen LogP contribution in [0.25, 0.3) is 0 Å². The van der Waals surface area contributed by atoms with Gasteiger partial charge in [-0.3, -0.25) is 19.3 Å². The van der Waals surface area contributed by atoms with E-state index in [0.717, 1.165) is 32.4 Å². The minimum atomic E-state index is -0.745. The largest absolute Gasteiger partial charge is 0.476 e. The highest BCUT2D eigenvalue weighted by molar-refractivity contribution is 6.10. The maximum atomic E-state index is 13.5. The van der Waals surface area contributed by atoms with Gasteiger partial charge in [-0.15, -0.1) is 0 Å². The Balaban J connectivity index is 1.68. The lowest BCUT2D eigenvalue weighted by Gasteiger charge is -2.37. The molecule has 2 aromatic rings. The lowest BCUT2D eigenvalue weighted by Crippen LogP contribution is -2.53. The van der Waals surface area contributed by atoms with Crippen molar-refractivity contribution in [2.75, 3.05) is 24.5 Å². The number of carbonyl (C=O) groups is 3. The molecule has 30 heavy (non-hydrogen) atoms. The van der Waals surface area contributed by atoms with Gasteiger partial charge in [0.15, 0.2) is 11.9 Å². The van der Waals surface area contributed by atoms with Crippen molar-refractivity contribution in [1.29, 1.82) is 0 Å². The zero-order chi connectivity index (χ0) is 21.4. The molecule has 0 saturated carbocycles. The number of fused-ring (bicyclic) bond motifs is 1. The number of Topliss-reactive ketones (excluding diaryl/α,β-unsaturated/α-hetero) is 1. The average Bonchev–Trinajstić information content (AvgIpc) is 3.06. The summed E-state index contributed by atoms with van der Waals surface area (Å²) < 4.78 is 6.01. The van der Waals surface area contributed by atoms with Crippen molar-refractivity contribution < 1.29 is 19.1 Å². The molecule has 2 amide bonds. The molecule has 1 fully saturated rings. The Labute approximate surface area is 176 Å². The monoisotopic (exact) mass is 409 g/mol. The van der Waals surface area contributed by atoms with Crippen molar-refractivity contribution in [1.82, 2.24) is 9.88 Å². The molecule has 3 heterocycles. The Morgan fingerprint density at radius 3 is 2.43 bits per heavy atom. The third-order valence-electron chi connectivity index (χ3n) is 5.97. The van der Waals surface area contributed by atoms with Crippen molar-refractivity contribution in [2.24, 2.45) is 0 Å². The van der Waals surface area contributed by atoms with Crippen molar-refractivity contribution in [3.05, 3.63) is 46.8 Å². The number of rotatable bonds is 3. The summed E-state index contributed by atoms with van der Waals surface area (Å²) in [6, 6.07) is 7.25. The predicted molar refractivity (Wildman–Crippen MR) is 113 cm³/mol. The number of hydrogen-bond donors (Lipinski definition) is 1. The van der Waals surface area contributed by atoms with E-state index in [2.05, 4.69) is 4.98 Å². The fraction of sp³-hybridized carbons (Fsp3) is 0.435. The minimum Gasteiger partial charge on any atom is -0.476 e. The first-order valence-corrected chi connectivity index (χ1v) is 10.4. The number of ether oxygens (including phenoxy) is 1. The normalized spacial score (nSPS) is 18.6. The van der Waals surface area contributed by atoms with E-state index >= 15 is 0 Å². The first-order valence-electron chi connectivity index (χ1n) is 10.4. The summed E-state index contributed by atoms with van der Waals surface area (Å²) in [4.78, 5) is 45.1. The van der Waals surface area contributed by atoms with Gasteiger partial charge in [0.25, 0.3) is 11.8 Å². The first-order chi connectivity index (χ1) is 14.4. The second-order valence-electron chi connectivity index (χ2n) is 8.06. The number of benzene rings is 1. The van der Waals surface area contributed by atoms with Crippen LogP contribution in [0, 0.1) is 13.8 Å². The van der Waals surface area contributed by atoms with E-state index in [1.807, 2.05) is 23.1 Å². The van der Waals surface area contributed by atoms with Crippen molar-refractivity contribution >= 4 is 23.3 Å². The maximum Gasteiger partial charge on any atom is 0.275 e. The summed E-state index contributed by atoms with van der Waals surface area (Å²) in [5.41, 5.74) is 2.85. The molecule has 158 valence electrons. The molecule has 7 heteroatoms. The molecule has 1 aromatic heterocycles. The standard InChI is InChI=1S/C23H27N3O4/c1-14-20(16(3)27)15(2)24-21(14)23(29)26-13-19(22(28)25-11-7-4-8-12-25)30-18-10-6-5-9-17(18)26/h5-6,9-10,19,24H,4,7-8,11-13H2,1-3H3/t19-/m0/s1. The van der Waals surface area contributed by atoms with Gasteiger partial charge >= 0.3 is 0 Å². The third-order valence-corrected chi connectivity index (χ3v) is 5.97. The van der Waals surface area contributed by atoms with Crippen LogP contribution in [0.2, 0.25) is 0 Å². The van der Waals surface area contributed by atoms with Gasteiger partial charge in [0.05, 0.1) is 12.2 Å². The van der Waals surface area contributed by atoms with E-state index < -0.39 is 6.10 Å². The zero-order valence-electron chi connectivity index (χ0n) is 17.7. The van der Waals surface area contributed by atoms with E-state index in [1.165, 1.54) is 6.92 Å². The Hall–Kier alpha value is -3.09. The molecule has 7 nitrogen and oxygen atoms in total. The number of piperidine rings is 1. The molecule has 2 aliphatic heterocycles. The van der Waals surface area contributed by atoms with Crippen molar-refractivity contribution in [3.8, 4) is 5.75 Å². The van der Waals surface area contributed by atoms with Gasteiger partial charge in [-0.25, -0.2) is 0 Å². The van der Waals surface area contributed by atoms with Crippen LogP contribution in [0.4, 0.5) is 5.69 Å². The van der Waals surface area contributed by atoms with Gasteiger partial charge < -0.3 is 14.6 Å². The number of amides is 2. The molecule has 0 unspecified atom stereocenters. The number of nitrogens with zero attached hydrogens (tertiary/aromatic N) is 2. The first kappa shape index (κ1) is 20.2. The van der Waals surface area contributed by atoms with Gasteiger partial charge in [-0.2, -0.15) is 0 Å². The number of ketones is 1. The second-order valence-corrected chi connectivity index (χ2v) is 8.06. The lowest BCUT2D eigenvalue weighted by atomic mass is 10.1. The number of H-pyrrole nitrogens is 1. The number of aromatic nitrogens is 1. The van der Waals surface area contributed by atoms with Gasteiger partial charge in [0.1, 0.15) is 11.4 Å². The number of aryl methyl sites for hydroxylation is 1. The summed E-state index contributed by atoms with van der Waals surface area (Å²) in [6.45, 7) is 6.65. The molecule has 0 spiro atoms. The van der Waals surface area contributed by atoms with E-state index in [-0.39, 0.29) is 24.1 Å². The molecule has 1 N–H and O–H groups in total. The highest BCUT2D eigenvalue weighted by Gasteiger charge is 2.37. The van der Waals surface area contributed by atoms with Crippen LogP contribution in [0.15, 0.2) is 24.3 Å². The summed E-state index contributed by atoms with van der Waals surface area (Å²) >= 11 is 0. The maximum absolute atomic E-state index is 13.5. The molecule has 0 bridgehead atoms. The Bertz CT molecular complexity index is 1000. The number of likely N-dealkylation sites (tertiary alicyclic amines) is 1. The van der Waals surface area contributed by atoms with Gasteiger partial charge in [0, 0.05) is 24.3 Å². The van der Waals surface area contributed by atoms with Crippen LogP contribution in [-0.4, -0.2) is 53.2 Å². The zero-order valence-corrected chi connectivity index (χ0v) is 17.7. The molecule has 1 atom stereocenters. The van der Waals surface area contributed by atoms with Crippen LogP contribution in [-0.2, 0) is 4.79 Å². The van der Waals surface area contributed by atoms with Crippen LogP contribution in [0.5, 0.6) is 5.75 Å². The summed E-state index contributed by atoms with van der Waals surface area (Å²) in [6.07, 6.45) is 2.37. The van der Waals surface area contributed by atoms with Crippen LogP contribution < -0.4 is 9.64 Å². The van der Waals surface area contributed by atoms with Crippen molar-refractivity contribution in [3.63, 3.8) is 0 Å². The second kappa shape index (κ2) is 7.97.